The number of nitrogens with two attached hydrogens (primary N) is 1. The molecule has 0 aliphatic carbocycles. The second kappa shape index (κ2) is 6.83. The Hall–Kier alpha value is -0.570. The Labute approximate surface area is 94.0 Å². The van der Waals surface area contributed by atoms with Crippen molar-refractivity contribution < 1.29 is 4.79 Å². The first kappa shape index (κ1) is 14.4. The monoisotopic (exact) mass is 214 g/mol. The van der Waals surface area contributed by atoms with Crippen LogP contribution in [0.15, 0.2) is 0 Å². The lowest BCUT2D eigenvalue weighted by Crippen LogP contribution is -2.45. The number of rotatable bonds is 6. The summed E-state index contributed by atoms with van der Waals surface area (Å²) in [6.07, 6.45) is 0.771. The largest absolute Gasteiger partial charge is 0.341 e. The summed E-state index contributed by atoms with van der Waals surface area (Å²) in [5.41, 5.74) is 5.88. The van der Waals surface area contributed by atoms with Gasteiger partial charge in [-0.1, -0.05) is 27.7 Å². The first-order valence-corrected chi connectivity index (χ1v) is 5.92. The molecule has 15 heavy (non-hydrogen) atoms. The molecule has 0 rings (SSSR count). The van der Waals surface area contributed by atoms with Gasteiger partial charge in [0.15, 0.2) is 0 Å². The van der Waals surface area contributed by atoms with Gasteiger partial charge in [-0.3, -0.25) is 4.79 Å². The fourth-order valence-electron chi connectivity index (χ4n) is 1.66. The van der Waals surface area contributed by atoms with Crippen LogP contribution in [-0.4, -0.2) is 29.9 Å². The maximum absolute atomic E-state index is 11.9. The maximum atomic E-state index is 11.9. The zero-order valence-corrected chi connectivity index (χ0v) is 10.8. The average molecular weight is 214 g/mol. The highest BCUT2D eigenvalue weighted by Gasteiger charge is 2.20. The van der Waals surface area contributed by atoms with E-state index in [4.69, 9.17) is 5.73 Å². The highest BCUT2D eigenvalue weighted by Crippen LogP contribution is 2.07. The van der Waals surface area contributed by atoms with Crippen LogP contribution in [0, 0.1) is 11.8 Å². The Morgan fingerprint density at radius 1 is 1.20 bits per heavy atom. The molecule has 0 aliphatic heterocycles. The van der Waals surface area contributed by atoms with Gasteiger partial charge in [-0.15, -0.1) is 0 Å². The minimum atomic E-state index is -0.330. The molecule has 1 amide bonds. The Bertz CT molecular complexity index is 190. The van der Waals surface area contributed by atoms with Crippen LogP contribution in [0.25, 0.3) is 0 Å². The summed E-state index contributed by atoms with van der Waals surface area (Å²) in [4.78, 5) is 13.8. The molecule has 0 aromatic carbocycles. The molecule has 1 unspecified atom stereocenters. The van der Waals surface area contributed by atoms with Gasteiger partial charge in [-0.2, -0.15) is 0 Å². The van der Waals surface area contributed by atoms with Crippen LogP contribution in [0.4, 0.5) is 0 Å². The van der Waals surface area contributed by atoms with Gasteiger partial charge in [-0.25, -0.2) is 0 Å². The summed E-state index contributed by atoms with van der Waals surface area (Å²) in [5.74, 6) is 1.07. The van der Waals surface area contributed by atoms with Gasteiger partial charge in [0.25, 0.3) is 0 Å². The van der Waals surface area contributed by atoms with E-state index in [0.29, 0.717) is 11.8 Å². The zero-order chi connectivity index (χ0) is 12.0. The van der Waals surface area contributed by atoms with Gasteiger partial charge in [0.2, 0.25) is 5.91 Å². The molecule has 0 saturated heterocycles. The van der Waals surface area contributed by atoms with Crippen molar-refractivity contribution in [3.05, 3.63) is 0 Å². The van der Waals surface area contributed by atoms with Gasteiger partial charge in [0, 0.05) is 13.1 Å². The van der Waals surface area contributed by atoms with E-state index in [1.807, 2.05) is 11.8 Å². The van der Waals surface area contributed by atoms with Crippen molar-refractivity contribution in [2.24, 2.45) is 17.6 Å². The molecule has 2 N–H and O–H groups in total. The minimum Gasteiger partial charge on any atom is -0.341 e. The Balaban J connectivity index is 4.24. The molecule has 0 saturated carbocycles. The Morgan fingerprint density at radius 3 is 2.07 bits per heavy atom. The molecule has 0 radical (unpaired) electrons. The fraction of sp³-hybridized carbons (Fsp3) is 0.917. The van der Waals surface area contributed by atoms with Crippen molar-refractivity contribution in [1.82, 2.24) is 4.90 Å². The van der Waals surface area contributed by atoms with Crippen molar-refractivity contribution >= 4 is 5.91 Å². The smallest absolute Gasteiger partial charge is 0.239 e. The van der Waals surface area contributed by atoms with Crippen LogP contribution in [0.5, 0.6) is 0 Å². The van der Waals surface area contributed by atoms with E-state index in [9.17, 15) is 4.79 Å². The molecule has 3 nitrogen and oxygen atoms in total. The standard InChI is InChI=1S/C12H26N2O/c1-6-14(8-10(4)5)12(15)11(13)7-9(2)3/h9-11H,6-8,13H2,1-5H3. The van der Waals surface area contributed by atoms with Gasteiger partial charge < -0.3 is 10.6 Å². The van der Waals surface area contributed by atoms with Crippen LogP contribution < -0.4 is 5.73 Å². The van der Waals surface area contributed by atoms with E-state index in [0.717, 1.165) is 19.5 Å². The van der Waals surface area contributed by atoms with E-state index in [-0.39, 0.29) is 11.9 Å². The summed E-state index contributed by atoms with van der Waals surface area (Å²) in [6, 6.07) is -0.330. The van der Waals surface area contributed by atoms with Gasteiger partial charge in [0.05, 0.1) is 6.04 Å². The molecular weight excluding hydrogens is 188 g/mol. The molecule has 0 aromatic heterocycles. The summed E-state index contributed by atoms with van der Waals surface area (Å²) in [5, 5.41) is 0. The van der Waals surface area contributed by atoms with Crippen molar-refractivity contribution in [3.8, 4) is 0 Å². The molecule has 0 aromatic rings. The van der Waals surface area contributed by atoms with E-state index in [1.165, 1.54) is 0 Å². The molecule has 0 spiro atoms. The van der Waals surface area contributed by atoms with Gasteiger partial charge in [-0.05, 0) is 25.2 Å². The topological polar surface area (TPSA) is 46.3 Å². The second-order valence-corrected chi connectivity index (χ2v) is 5.01. The van der Waals surface area contributed by atoms with E-state index >= 15 is 0 Å². The average Bonchev–Trinajstić information content (AvgIpc) is 2.11. The maximum Gasteiger partial charge on any atom is 0.239 e. The predicted octanol–water partition coefficient (Wildman–Crippen LogP) is 1.86. The Kier molecular flexibility index (Phi) is 6.57. The summed E-state index contributed by atoms with van der Waals surface area (Å²) in [6.45, 7) is 12.0. The number of carbonyl (C=O) groups excluding carboxylic acids is 1. The fourth-order valence-corrected chi connectivity index (χ4v) is 1.66. The lowest BCUT2D eigenvalue weighted by molar-refractivity contribution is -0.133. The van der Waals surface area contributed by atoms with Crippen molar-refractivity contribution in [2.75, 3.05) is 13.1 Å². The van der Waals surface area contributed by atoms with Gasteiger partial charge in [0.1, 0.15) is 0 Å². The number of hydrogen-bond donors (Lipinski definition) is 1. The van der Waals surface area contributed by atoms with Crippen LogP contribution >= 0.6 is 0 Å². The molecule has 90 valence electrons. The normalized spacial score (nSPS) is 13.3. The summed E-state index contributed by atoms with van der Waals surface area (Å²) >= 11 is 0. The molecular formula is C12H26N2O. The van der Waals surface area contributed by atoms with E-state index in [2.05, 4.69) is 27.7 Å². The molecule has 3 heteroatoms. The number of amides is 1. The Morgan fingerprint density at radius 2 is 1.73 bits per heavy atom. The quantitative estimate of drug-likeness (QED) is 0.733. The molecule has 0 fully saturated rings. The highest BCUT2D eigenvalue weighted by molar-refractivity contribution is 5.81. The molecule has 1 atom stereocenters. The molecule has 0 bridgehead atoms. The zero-order valence-electron chi connectivity index (χ0n) is 10.8. The number of carbonyl (C=O) groups is 1. The lowest BCUT2D eigenvalue weighted by atomic mass is 10.0. The van der Waals surface area contributed by atoms with Crippen LogP contribution in [-0.2, 0) is 4.79 Å². The van der Waals surface area contributed by atoms with Gasteiger partial charge >= 0.3 is 0 Å². The summed E-state index contributed by atoms with van der Waals surface area (Å²) in [7, 11) is 0. The van der Waals surface area contributed by atoms with Crippen LogP contribution in [0.1, 0.15) is 41.0 Å². The van der Waals surface area contributed by atoms with E-state index < -0.39 is 0 Å². The third-order valence-corrected chi connectivity index (χ3v) is 2.32. The third-order valence-electron chi connectivity index (χ3n) is 2.32. The minimum absolute atomic E-state index is 0.0971. The SMILES string of the molecule is CCN(CC(C)C)C(=O)C(N)CC(C)C. The number of nitrogens with zero attached hydrogens (tertiary/aromatic N) is 1. The van der Waals surface area contributed by atoms with E-state index in [1.54, 1.807) is 0 Å². The first-order valence-electron chi connectivity index (χ1n) is 5.92. The van der Waals surface area contributed by atoms with Crippen LogP contribution in [0.3, 0.4) is 0 Å². The predicted molar refractivity (Wildman–Crippen MR) is 64.5 cm³/mol. The van der Waals surface area contributed by atoms with Crippen LogP contribution in [0.2, 0.25) is 0 Å². The third kappa shape index (κ3) is 5.78. The first-order chi connectivity index (χ1) is 6.88. The number of hydrogen-bond acceptors (Lipinski definition) is 2. The van der Waals surface area contributed by atoms with Crippen molar-refractivity contribution in [3.63, 3.8) is 0 Å². The molecule has 0 aliphatic rings. The van der Waals surface area contributed by atoms with Crippen molar-refractivity contribution in [2.45, 2.75) is 47.1 Å². The van der Waals surface area contributed by atoms with Crippen molar-refractivity contribution in [1.29, 1.82) is 0 Å². The number of likely N-dealkylation sites (N-methyl/N-ethyl adjacent to an activating group) is 1. The lowest BCUT2D eigenvalue weighted by Gasteiger charge is -2.26. The summed E-state index contributed by atoms with van der Waals surface area (Å²) < 4.78 is 0. The second-order valence-electron chi connectivity index (χ2n) is 5.01. The molecule has 0 heterocycles. The highest BCUT2D eigenvalue weighted by atomic mass is 16.2.